The second-order valence-corrected chi connectivity index (χ2v) is 8.47. The summed E-state index contributed by atoms with van der Waals surface area (Å²) in [6, 6.07) is 9.44. The zero-order valence-electron chi connectivity index (χ0n) is 18.7. The average Bonchev–Trinajstić information content (AvgIpc) is 3.61. The highest BCUT2D eigenvalue weighted by atomic mass is 16.6. The van der Waals surface area contributed by atoms with Crippen molar-refractivity contribution >= 4 is 39.3 Å². The van der Waals surface area contributed by atoms with Crippen LogP contribution in [0, 0.1) is 6.92 Å². The van der Waals surface area contributed by atoms with Gasteiger partial charge in [0.2, 0.25) is 5.91 Å². The molecule has 1 fully saturated rings. The quantitative estimate of drug-likeness (QED) is 0.418. The van der Waals surface area contributed by atoms with E-state index in [1.54, 1.807) is 17.1 Å². The highest BCUT2D eigenvalue weighted by Crippen LogP contribution is 2.32. The molecule has 10 nitrogen and oxygen atoms in total. The number of carbonyl (C=O) groups is 1. The Morgan fingerprint density at radius 2 is 1.94 bits per heavy atom. The van der Waals surface area contributed by atoms with Gasteiger partial charge in [-0.1, -0.05) is 0 Å². The zero-order valence-corrected chi connectivity index (χ0v) is 18.7. The van der Waals surface area contributed by atoms with Crippen LogP contribution in [0.25, 0.3) is 33.4 Å². The number of carbonyl (C=O) groups excluding carboxylic acids is 1. The molecule has 0 saturated carbocycles. The molecule has 0 bridgehead atoms. The Labute approximate surface area is 194 Å². The SMILES string of the molecule is Cc1nn(CC(=O)Nc2ccc(N3CCCCC3)c3nonc23)c2nccc(-c3ccco3)c12. The number of hydrogen-bond acceptors (Lipinski definition) is 8. The summed E-state index contributed by atoms with van der Waals surface area (Å²) in [6.07, 6.45) is 6.87. The highest BCUT2D eigenvalue weighted by molar-refractivity contribution is 6.03. The van der Waals surface area contributed by atoms with E-state index in [9.17, 15) is 4.79 Å². The van der Waals surface area contributed by atoms with Gasteiger partial charge >= 0.3 is 0 Å². The van der Waals surface area contributed by atoms with Gasteiger partial charge in [0.25, 0.3) is 0 Å². The van der Waals surface area contributed by atoms with E-state index in [-0.39, 0.29) is 12.5 Å². The van der Waals surface area contributed by atoms with Crippen LogP contribution < -0.4 is 10.2 Å². The van der Waals surface area contributed by atoms with Crippen LogP contribution in [0.3, 0.4) is 0 Å². The van der Waals surface area contributed by atoms with Gasteiger partial charge < -0.3 is 14.6 Å². The van der Waals surface area contributed by atoms with E-state index in [2.05, 4.69) is 30.6 Å². The number of piperidine rings is 1. The first-order valence-electron chi connectivity index (χ1n) is 11.3. The standard InChI is InChI=1S/C24H23N7O3/c1-15-21-16(19-6-5-13-33-19)9-10-25-24(21)31(27-15)14-20(32)26-17-7-8-18(23-22(17)28-34-29-23)30-11-3-2-4-12-30/h5-10,13H,2-4,11-12,14H2,1H3,(H,26,32). The Morgan fingerprint density at radius 3 is 2.76 bits per heavy atom. The van der Waals surface area contributed by atoms with Crippen molar-refractivity contribution in [3.63, 3.8) is 0 Å². The zero-order chi connectivity index (χ0) is 23.1. The second-order valence-electron chi connectivity index (χ2n) is 8.47. The largest absolute Gasteiger partial charge is 0.464 e. The van der Waals surface area contributed by atoms with Crippen LogP contribution in [0.15, 0.2) is 51.8 Å². The summed E-state index contributed by atoms with van der Waals surface area (Å²) in [5, 5.41) is 16.5. The molecule has 0 atom stereocenters. The lowest BCUT2D eigenvalue weighted by Crippen LogP contribution is -2.29. The van der Waals surface area contributed by atoms with E-state index < -0.39 is 0 Å². The van der Waals surface area contributed by atoms with E-state index in [1.807, 2.05) is 37.3 Å². The maximum atomic E-state index is 13.0. The number of hydrogen-bond donors (Lipinski definition) is 1. The van der Waals surface area contributed by atoms with Gasteiger partial charge in [0.05, 0.1) is 28.7 Å². The van der Waals surface area contributed by atoms with E-state index >= 15 is 0 Å². The summed E-state index contributed by atoms with van der Waals surface area (Å²) in [5.74, 6) is 0.485. The molecule has 1 amide bonds. The van der Waals surface area contributed by atoms with Crippen LogP contribution >= 0.6 is 0 Å². The summed E-state index contributed by atoms with van der Waals surface area (Å²) in [6.45, 7) is 3.85. The van der Waals surface area contributed by atoms with Gasteiger partial charge in [-0.3, -0.25) is 4.79 Å². The predicted octanol–water partition coefficient (Wildman–Crippen LogP) is 4.16. The molecule has 0 aliphatic carbocycles. The third-order valence-electron chi connectivity index (χ3n) is 6.25. The molecule has 1 N–H and O–H groups in total. The van der Waals surface area contributed by atoms with Crippen molar-refractivity contribution in [3.8, 4) is 11.3 Å². The number of aromatic nitrogens is 5. The summed E-state index contributed by atoms with van der Waals surface area (Å²) < 4.78 is 12.2. The number of pyridine rings is 1. The maximum absolute atomic E-state index is 13.0. The molecule has 6 rings (SSSR count). The Hall–Kier alpha value is -4.21. The van der Waals surface area contributed by atoms with Gasteiger partial charge in [0.15, 0.2) is 16.7 Å². The van der Waals surface area contributed by atoms with Gasteiger partial charge in [-0.15, -0.1) is 0 Å². The number of amides is 1. The van der Waals surface area contributed by atoms with Crippen LogP contribution in [-0.4, -0.2) is 44.1 Å². The fourth-order valence-electron chi connectivity index (χ4n) is 4.70. The molecular formula is C24H23N7O3. The Bertz CT molecular complexity index is 1480. The number of anilines is 2. The molecule has 5 aromatic rings. The minimum atomic E-state index is -0.246. The first kappa shape index (κ1) is 20.4. The second kappa shape index (κ2) is 8.29. The van der Waals surface area contributed by atoms with Crippen molar-refractivity contribution in [1.82, 2.24) is 25.1 Å². The van der Waals surface area contributed by atoms with Crippen molar-refractivity contribution < 1.29 is 13.8 Å². The van der Waals surface area contributed by atoms with E-state index in [0.717, 1.165) is 54.0 Å². The molecule has 4 aromatic heterocycles. The molecule has 172 valence electrons. The van der Waals surface area contributed by atoms with Crippen LogP contribution in [0.5, 0.6) is 0 Å². The van der Waals surface area contributed by atoms with Gasteiger partial charge in [-0.25, -0.2) is 14.3 Å². The number of aryl methyl sites for hydroxylation is 1. The van der Waals surface area contributed by atoms with E-state index in [1.165, 1.54) is 6.42 Å². The molecule has 0 spiro atoms. The number of fused-ring (bicyclic) bond motifs is 2. The lowest BCUT2D eigenvalue weighted by molar-refractivity contribution is -0.116. The lowest BCUT2D eigenvalue weighted by Gasteiger charge is -2.28. The Balaban J connectivity index is 1.28. The van der Waals surface area contributed by atoms with Gasteiger partial charge in [0.1, 0.15) is 12.3 Å². The molecule has 1 saturated heterocycles. The van der Waals surface area contributed by atoms with E-state index in [4.69, 9.17) is 9.05 Å². The van der Waals surface area contributed by atoms with E-state index in [0.29, 0.717) is 22.4 Å². The first-order valence-corrected chi connectivity index (χ1v) is 11.3. The minimum Gasteiger partial charge on any atom is -0.464 e. The molecular weight excluding hydrogens is 434 g/mol. The van der Waals surface area contributed by atoms with Crippen LogP contribution in [0.2, 0.25) is 0 Å². The average molecular weight is 457 g/mol. The Morgan fingerprint density at radius 1 is 1.09 bits per heavy atom. The molecule has 1 aliphatic rings. The van der Waals surface area contributed by atoms with Crippen LogP contribution in [-0.2, 0) is 11.3 Å². The number of furan rings is 1. The lowest BCUT2D eigenvalue weighted by atomic mass is 10.1. The third kappa shape index (κ3) is 3.47. The van der Waals surface area contributed by atoms with Crippen LogP contribution in [0.1, 0.15) is 25.0 Å². The topological polar surface area (TPSA) is 115 Å². The fraction of sp³-hybridized carbons (Fsp3) is 0.292. The highest BCUT2D eigenvalue weighted by Gasteiger charge is 2.21. The van der Waals surface area contributed by atoms with Crippen molar-refractivity contribution in [2.24, 2.45) is 0 Å². The van der Waals surface area contributed by atoms with Crippen molar-refractivity contribution in [1.29, 1.82) is 0 Å². The van der Waals surface area contributed by atoms with Crippen molar-refractivity contribution in [2.45, 2.75) is 32.7 Å². The molecule has 34 heavy (non-hydrogen) atoms. The monoisotopic (exact) mass is 457 g/mol. The summed E-state index contributed by atoms with van der Waals surface area (Å²) >= 11 is 0. The number of nitrogens with zero attached hydrogens (tertiary/aromatic N) is 6. The summed E-state index contributed by atoms with van der Waals surface area (Å²) in [4.78, 5) is 19.8. The van der Waals surface area contributed by atoms with Gasteiger partial charge in [-0.2, -0.15) is 5.10 Å². The minimum absolute atomic E-state index is 0.000399. The molecule has 10 heteroatoms. The number of rotatable bonds is 5. The number of nitrogens with one attached hydrogen (secondary N) is 1. The van der Waals surface area contributed by atoms with Gasteiger partial charge in [-0.05, 0) is 66.8 Å². The Kier molecular flexibility index (Phi) is 4.97. The van der Waals surface area contributed by atoms with Crippen molar-refractivity contribution in [2.75, 3.05) is 23.3 Å². The first-order chi connectivity index (χ1) is 16.7. The smallest absolute Gasteiger partial charge is 0.246 e. The fourth-order valence-corrected chi connectivity index (χ4v) is 4.70. The van der Waals surface area contributed by atoms with Crippen molar-refractivity contribution in [3.05, 3.63) is 48.5 Å². The normalized spacial score (nSPS) is 14.2. The predicted molar refractivity (Wildman–Crippen MR) is 126 cm³/mol. The number of benzene rings is 1. The third-order valence-corrected chi connectivity index (χ3v) is 6.25. The molecule has 0 unspecified atom stereocenters. The summed E-state index contributed by atoms with van der Waals surface area (Å²) in [5.41, 5.74) is 5.02. The van der Waals surface area contributed by atoms with Crippen LogP contribution in [0.4, 0.5) is 11.4 Å². The molecule has 1 aromatic carbocycles. The molecule has 1 aliphatic heterocycles. The molecule has 5 heterocycles. The maximum Gasteiger partial charge on any atom is 0.246 e. The van der Waals surface area contributed by atoms with Gasteiger partial charge in [0, 0.05) is 24.8 Å². The molecule has 0 radical (unpaired) electrons. The summed E-state index contributed by atoms with van der Waals surface area (Å²) in [7, 11) is 0.